The molecule has 0 saturated heterocycles. The summed E-state index contributed by atoms with van der Waals surface area (Å²) in [5, 5.41) is 2.48. The van der Waals surface area contributed by atoms with Gasteiger partial charge in [-0.15, -0.1) is 12.4 Å². The van der Waals surface area contributed by atoms with Gasteiger partial charge in [-0.1, -0.05) is 60.7 Å². The third-order valence-electron chi connectivity index (χ3n) is 3.56. The summed E-state index contributed by atoms with van der Waals surface area (Å²) in [6.07, 6.45) is -0.725. The van der Waals surface area contributed by atoms with Crippen molar-refractivity contribution in [2.75, 3.05) is 19.8 Å². The molecule has 0 saturated carbocycles. The smallest absolute Gasteiger partial charge is 0.408 e. The third kappa shape index (κ3) is 8.85. The maximum absolute atomic E-state index is 12.3. The monoisotopic (exact) mass is 408 g/mol. The van der Waals surface area contributed by atoms with Gasteiger partial charge in [0, 0.05) is 6.54 Å². The standard InChI is InChI=1S/C20H24N2O5.ClH/c21-11-12-25-15-18(19(23)26-13-16-7-3-1-4-8-16)22-20(24)27-14-17-9-5-2-6-10-17;/h1-10,18H,11-15,21H2,(H,22,24);1H/t18-;/m0./s1. The average molecular weight is 409 g/mol. The van der Waals surface area contributed by atoms with Crippen molar-refractivity contribution in [3.8, 4) is 0 Å². The van der Waals surface area contributed by atoms with Crippen molar-refractivity contribution >= 4 is 24.5 Å². The predicted octanol–water partition coefficient (Wildman–Crippen LogP) is 2.42. The molecular weight excluding hydrogens is 384 g/mol. The molecule has 1 atom stereocenters. The number of nitrogens with two attached hydrogens (primary N) is 1. The summed E-state index contributed by atoms with van der Waals surface area (Å²) >= 11 is 0. The lowest BCUT2D eigenvalue weighted by atomic mass is 10.2. The molecule has 1 amide bonds. The number of benzene rings is 2. The van der Waals surface area contributed by atoms with Crippen LogP contribution in [0, 0.1) is 0 Å². The Bertz CT molecular complexity index is 700. The van der Waals surface area contributed by atoms with Gasteiger partial charge in [0.1, 0.15) is 13.2 Å². The molecule has 3 N–H and O–H groups in total. The zero-order chi connectivity index (χ0) is 19.3. The Hall–Kier alpha value is -2.61. The first-order valence-electron chi connectivity index (χ1n) is 8.64. The highest BCUT2D eigenvalue weighted by Crippen LogP contribution is 2.04. The topological polar surface area (TPSA) is 99.9 Å². The van der Waals surface area contributed by atoms with E-state index >= 15 is 0 Å². The summed E-state index contributed by atoms with van der Waals surface area (Å²) in [4.78, 5) is 24.3. The minimum absolute atomic E-state index is 0. The van der Waals surface area contributed by atoms with E-state index in [2.05, 4.69) is 5.32 Å². The number of amides is 1. The molecule has 152 valence electrons. The van der Waals surface area contributed by atoms with E-state index in [1.165, 1.54) is 0 Å². The fraction of sp³-hybridized carbons (Fsp3) is 0.300. The van der Waals surface area contributed by atoms with Crippen molar-refractivity contribution in [1.29, 1.82) is 0 Å². The van der Waals surface area contributed by atoms with E-state index in [0.29, 0.717) is 6.54 Å². The van der Waals surface area contributed by atoms with E-state index in [4.69, 9.17) is 19.9 Å². The maximum Gasteiger partial charge on any atom is 0.408 e. The Morgan fingerprint density at radius 3 is 1.96 bits per heavy atom. The Morgan fingerprint density at radius 2 is 1.43 bits per heavy atom. The van der Waals surface area contributed by atoms with Crippen molar-refractivity contribution in [3.05, 3.63) is 71.8 Å². The third-order valence-corrected chi connectivity index (χ3v) is 3.56. The van der Waals surface area contributed by atoms with E-state index in [9.17, 15) is 9.59 Å². The van der Waals surface area contributed by atoms with Crippen molar-refractivity contribution in [2.45, 2.75) is 19.3 Å². The molecular formula is C20H25ClN2O5. The van der Waals surface area contributed by atoms with Gasteiger partial charge in [-0.05, 0) is 11.1 Å². The summed E-state index contributed by atoms with van der Waals surface area (Å²) in [5.41, 5.74) is 7.07. The zero-order valence-corrected chi connectivity index (χ0v) is 16.2. The van der Waals surface area contributed by atoms with E-state index < -0.39 is 18.1 Å². The van der Waals surface area contributed by atoms with Crippen LogP contribution < -0.4 is 11.1 Å². The number of hydrogen-bond donors (Lipinski definition) is 2. The van der Waals surface area contributed by atoms with Crippen molar-refractivity contribution in [2.24, 2.45) is 5.73 Å². The minimum Gasteiger partial charge on any atom is -0.459 e. The first-order valence-corrected chi connectivity index (χ1v) is 8.64. The Morgan fingerprint density at radius 1 is 0.893 bits per heavy atom. The first kappa shape index (κ1) is 23.4. The molecule has 0 radical (unpaired) electrons. The number of esters is 1. The van der Waals surface area contributed by atoms with Gasteiger partial charge in [-0.25, -0.2) is 9.59 Å². The Balaban J connectivity index is 0.00000392. The molecule has 2 aromatic rings. The van der Waals surface area contributed by atoms with Crippen LogP contribution in [-0.2, 0) is 32.2 Å². The predicted molar refractivity (Wildman–Crippen MR) is 107 cm³/mol. The average Bonchev–Trinajstić information content (AvgIpc) is 2.71. The van der Waals surface area contributed by atoms with Crippen LogP contribution in [0.15, 0.2) is 60.7 Å². The molecule has 0 aliphatic heterocycles. The number of rotatable bonds is 10. The summed E-state index contributed by atoms with van der Waals surface area (Å²) in [6.45, 7) is 0.731. The second kappa shape index (κ2) is 13.5. The van der Waals surface area contributed by atoms with E-state index in [1.54, 1.807) is 0 Å². The summed E-state index contributed by atoms with van der Waals surface area (Å²) < 4.78 is 15.7. The van der Waals surface area contributed by atoms with Crippen LogP contribution in [0.2, 0.25) is 0 Å². The number of halogens is 1. The minimum atomic E-state index is -0.983. The van der Waals surface area contributed by atoms with Crippen LogP contribution in [0.3, 0.4) is 0 Å². The van der Waals surface area contributed by atoms with Crippen molar-refractivity contribution in [3.63, 3.8) is 0 Å². The van der Waals surface area contributed by atoms with Gasteiger partial charge >= 0.3 is 12.1 Å². The van der Waals surface area contributed by atoms with Gasteiger partial charge in [-0.3, -0.25) is 0 Å². The van der Waals surface area contributed by atoms with Gasteiger partial charge in [0.05, 0.1) is 13.2 Å². The Kier molecular flexibility index (Phi) is 11.3. The van der Waals surface area contributed by atoms with Crippen LogP contribution in [0.5, 0.6) is 0 Å². The molecule has 0 fully saturated rings. The number of carbonyl (C=O) groups is 2. The van der Waals surface area contributed by atoms with E-state index in [-0.39, 0.29) is 38.8 Å². The zero-order valence-electron chi connectivity index (χ0n) is 15.4. The fourth-order valence-corrected chi connectivity index (χ4v) is 2.19. The first-order chi connectivity index (χ1) is 13.2. The normalized spacial score (nSPS) is 11.0. The van der Waals surface area contributed by atoms with Gasteiger partial charge in [0.25, 0.3) is 0 Å². The molecule has 8 heteroatoms. The largest absolute Gasteiger partial charge is 0.459 e. The number of carbonyl (C=O) groups excluding carboxylic acids is 2. The quantitative estimate of drug-likeness (QED) is 0.462. The highest BCUT2D eigenvalue weighted by molar-refractivity contribution is 5.85. The molecule has 2 rings (SSSR count). The molecule has 0 aliphatic carbocycles. The van der Waals surface area contributed by atoms with E-state index in [1.807, 2.05) is 60.7 Å². The molecule has 28 heavy (non-hydrogen) atoms. The molecule has 0 spiro atoms. The van der Waals surface area contributed by atoms with Crippen molar-refractivity contribution in [1.82, 2.24) is 5.32 Å². The molecule has 0 bridgehead atoms. The molecule has 7 nitrogen and oxygen atoms in total. The molecule has 0 heterocycles. The maximum atomic E-state index is 12.3. The highest BCUT2D eigenvalue weighted by Gasteiger charge is 2.23. The number of nitrogens with one attached hydrogen (secondary N) is 1. The second-order valence-electron chi connectivity index (χ2n) is 5.72. The number of ether oxygens (including phenoxy) is 3. The van der Waals surface area contributed by atoms with E-state index in [0.717, 1.165) is 11.1 Å². The molecule has 0 aliphatic rings. The van der Waals surface area contributed by atoms with Crippen LogP contribution in [0.25, 0.3) is 0 Å². The van der Waals surface area contributed by atoms with Crippen molar-refractivity contribution < 1.29 is 23.8 Å². The van der Waals surface area contributed by atoms with Gasteiger partial charge < -0.3 is 25.3 Å². The van der Waals surface area contributed by atoms with Gasteiger partial charge in [0.15, 0.2) is 6.04 Å². The number of hydrogen-bond acceptors (Lipinski definition) is 6. The lowest BCUT2D eigenvalue weighted by Gasteiger charge is -2.17. The van der Waals surface area contributed by atoms with Crippen LogP contribution in [0.1, 0.15) is 11.1 Å². The molecule has 2 aromatic carbocycles. The summed E-state index contributed by atoms with van der Waals surface area (Å²) in [5.74, 6) is -0.604. The SMILES string of the molecule is Cl.NCCOC[C@H](NC(=O)OCc1ccccc1)C(=O)OCc1ccccc1. The van der Waals surface area contributed by atoms with Crippen LogP contribution in [0.4, 0.5) is 4.79 Å². The summed E-state index contributed by atoms with van der Waals surface area (Å²) in [7, 11) is 0. The Labute approximate surface area is 170 Å². The lowest BCUT2D eigenvalue weighted by molar-refractivity contribution is -0.149. The van der Waals surface area contributed by atoms with Gasteiger partial charge in [0.2, 0.25) is 0 Å². The highest BCUT2D eigenvalue weighted by atomic mass is 35.5. The number of alkyl carbamates (subject to hydrolysis) is 1. The lowest BCUT2D eigenvalue weighted by Crippen LogP contribution is -2.45. The summed E-state index contributed by atoms with van der Waals surface area (Å²) in [6, 6.07) is 17.5. The van der Waals surface area contributed by atoms with Crippen LogP contribution in [-0.4, -0.2) is 37.9 Å². The second-order valence-corrected chi connectivity index (χ2v) is 5.72. The van der Waals surface area contributed by atoms with Gasteiger partial charge in [-0.2, -0.15) is 0 Å². The fourth-order valence-electron chi connectivity index (χ4n) is 2.19. The molecule has 0 aromatic heterocycles. The molecule has 0 unspecified atom stereocenters. The van der Waals surface area contributed by atoms with Crippen LogP contribution >= 0.6 is 12.4 Å².